The Bertz CT molecular complexity index is 693. The fourth-order valence-electron chi connectivity index (χ4n) is 2.15. The van der Waals surface area contributed by atoms with Crippen LogP contribution in [0, 0.1) is 0 Å². The number of nitrogens with two attached hydrogens (primary N) is 1. The van der Waals surface area contributed by atoms with Crippen molar-refractivity contribution in [2.24, 2.45) is 0 Å². The Morgan fingerprint density at radius 2 is 1.74 bits per heavy atom. The van der Waals surface area contributed by atoms with Gasteiger partial charge >= 0.3 is 0 Å². The molecule has 0 saturated heterocycles. The standard InChI is InChI=1S/C16H15N3/c17-15-8-4-7-14-13(15)9-10-18-16(14)19-11-12-5-2-1-3-6-12/h1-10H,11,17H2,(H,18,19). The summed E-state index contributed by atoms with van der Waals surface area (Å²) in [5, 5.41) is 5.45. The first-order valence-electron chi connectivity index (χ1n) is 6.25. The average Bonchev–Trinajstić information content (AvgIpc) is 2.47. The smallest absolute Gasteiger partial charge is 0.134 e. The summed E-state index contributed by atoms with van der Waals surface area (Å²) in [5.74, 6) is 0.869. The van der Waals surface area contributed by atoms with E-state index in [0.29, 0.717) is 0 Å². The van der Waals surface area contributed by atoms with Crippen molar-refractivity contribution in [3.05, 3.63) is 66.4 Å². The molecule has 2 aromatic carbocycles. The fraction of sp³-hybridized carbons (Fsp3) is 0.0625. The normalized spacial score (nSPS) is 10.5. The third-order valence-electron chi connectivity index (χ3n) is 3.14. The maximum absolute atomic E-state index is 5.98. The van der Waals surface area contributed by atoms with Gasteiger partial charge in [0.25, 0.3) is 0 Å². The first-order chi connectivity index (χ1) is 9.34. The number of hydrogen-bond acceptors (Lipinski definition) is 3. The Morgan fingerprint density at radius 3 is 2.58 bits per heavy atom. The lowest BCUT2D eigenvalue weighted by molar-refractivity contribution is 1.12. The van der Waals surface area contributed by atoms with Gasteiger partial charge in [0.15, 0.2) is 0 Å². The van der Waals surface area contributed by atoms with Crippen LogP contribution in [0.2, 0.25) is 0 Å². The lowest BCUT2D eigenvalue weighted by atomic mass is 10.1. The molecule has 3 heteroatoms. The molecule has 19 heavy (non-hydrogen) atoms. The van der Waals surface area contributed by atoms with Crippen LogP contribution in [-0.4, -0.2) is 4.98 Å². The van der Waals surface area contributed by atoms with Crippen LogP contribution < -0.4 is 11.1 Å². The van der Waals surface area contributed by atoms with Crippen LogP contribution in [0.15, 0.2) is 60.8 Å². The van der Waals surface area contributed by atoms with Gasteiger partial charge in [0.05, 0.1) is 0 Å². The lowest BCUT2D eigenvalue weighted by Crippen LogP contribution is -2.02. The van der Waals surface area contributed by atoms with Gasteiger partial charge in [-0.1, -0.05) is 42.5 Å². The summed E-state index contributed by atoms with van der Waals surface area (Å²) in [5.41, 5.74) is 7.98. The predicted octanol–water partition coefficient (Wildman–Crippen LogP) is 3.43. The zero-order valence-electron chi connectivity index (χ0n) is 10.5. The number of hydrogen-bond donors (Lipinski definition) is 2. The predicted molar refractivity (Wildman–Crippen MR) is 79.9 cm³/mol. The van der Waals surface area contributed by atoms with E-state index in [2.05, 4.69) is 22.4 Å². The van der Waals surface area contributed by atoms with E-state index < -0.39 is 0 Å². The van der Waals surface area contributed by atoms with Crippen LogP contribution in [0.4, 0.5) is 11.5 Å². The molecule has 0 radical (unpaired) electrons. The molecule has 0 atom stereocenters. The number of nitrogens with zero attached hydrogens (tertiary/aromatic N) is 1. The zero-order chi connectivity index (χ0) is 13.1. The summed E-state index contributed by atoms with van der Waals surface area (Å²) in [7, 11) is 0. The van der Waals surface area contributed by atoms with Crippen molar-refractivity contribution < 1.29 is 0 Å². The van der Waals surface area contributed by atoms with Crippen LogP contribution in [0.3, 0.4) is 0 Å². The van der Waals surface area contributed by atoms with Gasteiger partial charge in [-0.05, 0) is 17.7 Å². The molecular weight excluding hydrogens is 234 g/mol. The van der Waals surface area contributed by atoms with Crippen LogP contribution in [-0.2, 0) is 6.54 Å². The number of anilines is 2. The lowest BCUT2D eigenvalue weighted by Gasteiger charge is -2.09. The maximum atomic E-state index is 5.98. The minimum absolute atomic E-state index is 0.752. The second-order valence-corrected chi connectivity index (χ2v) is 4.44. The highest BCUT2D eigenvalue weighted by Crippen LogP contribution is 2.25. The molecule has 1 heterocycles. The van der Waals surface area contributed by atoms with Gasteiger partial charge in [-0.25, -0.2) is 4.98 Å². The number of rotatable bonds is 3. The Kier molecular flexibility index (Phi) is 3.02. The van der Waals surface area contributed by atoms with E-state index in [-0.39, 0.29) is 0 Å². The molecule has 3 nitrogen and oxygen atoms in total. The van der Waals surface area contributed by atoms with Gasteiger partial charge in [0.2, 0.25) is 0 Å². The Morgan fingerprint density at radius 1 is 0.895 bits per heavy atom. The molecule has 0 saturated carbocycles. The van der Waals surface area contributed by atoms with E-state index in [0.717, 1.165) is 28.8 Å². The van der Waals surface area contributed by atoms with Crippen LogP contribution in [0.1, 0.15) is 5.56 Å². The molecule has 3 rings (SSSR count). The first kappa shape index (κ1) is 11.5. The summed E-state index contributed by atoms with van der Waals surface area (Å²) in [6.45, 7) is 0.752. The third-order valence-corrected chi connectivity index (χ3v) is 3.14. The van der Waals surface area contributed by atoms with Crippen molar-refractivity contribution in [1.82, 2.24) is 4.98 Å². The quantitative estimate of drug-likeness (QED) is 0.699. The van der Waals surface area contributed by atoms with Crippen molar-refractivity contribution in [2.45, 2.75) is 6.54 Å². The van der Waals surface area contributed by atoms with E-state index in [1.54, 1.807) is 6.20 Å². The summed E-state index contributed by atoms with van der Waals surface area (Å²) in [6.07, 6.45) is 1.78. The van der Waals surface area contributed by atoms with Crippen molar-refractivity contribution in [3.63, 3.8) is 0 Å². The minimum atomic E-state index is 0.752. The van der Waals surface area contributed by atoms with Gasteiger partial charge in [-0.2, -0.15) is 0 Å². The molecule has 3 aromatic rings. The number of benzene rings is 2. The van der Waals surface area contributed by atoms with E-state index in [9.17, 15) is 0 Å². The van der Waals surface area contributed by atoms with E-state index in [4.69, 9.17) is 5.73 Å². The highest BCUT2D eigenvalue weighted by molar-refractivity contribution is 5.99. The summed E-state index contributed by atoms with van der Waals surface area (Å²) < 4.78 is 0. The second-order valence-electron chi connectivity index (χ2n) is 4.44. The summed E-state index contributed by atoms with van der Waals surface area (Å²) in [4.78, 5) is 4.40. The van der Waals surface area contributed by atoms with Gasteiger partial charge in [-0.15, -0.1) is 0 Å². The molecule has 0 aliphatic rings. The first-order valence-corrected chi connectivity index (χ1v) is 6.25. The number of aromatic nitrogens is 1. The van der Waals surface area contributed by atoms with Crippen molar-refractivity contribution in [3.8, 4) is 0 Å². The molecule has 94 valence electrons. The Labute approximate surface area is 112 Å². The molecule has 1 aromatic heterocycles. The van der Waals surface area contributed by atoms with Crippen molar-refractivity contribution in [2.75, 3.05) is 11.1 Å². The maximum Gasteiger partial charge on any atom is 0.134 e. The van der Waals surface area contributed by atoms with E-state index in [1.807, 2.05) is 42.5 Å². The molecule has 0 fully saturated rings. The largest absolute Gasteiger partial charge is 0.398 e. The zero-order valence-corrected chi connectivity index (χ0v) is 10.5. The van der Waals surface area contributed by atoms with Crippen molar-refractivity contribution in [1.29, 1.82) is 0 Å². The van der Waals surface area contributed by atoms with Crippen LogP contribution in [0.25, 0.3) is 10.8 Å². The molecule has 0 aliphatic heterocycles. The molecule has 0 spiro atoms. The minimum Gasteiger partial charge on any atom is -0.398 e. The second kappa shape index (κ2) is 4.98. The van der Waals surface area contributed by atoms with Crippen LogP contribution in [0.5, 0.6) is 0 Å². The van der Waals surface area contributed by atoms with E-state index >= 15 is 0 Å². The summed E-state index contributed by atoms with van der Waals surface area (Å²) >= 11 is 0. The van der Waals surface area contributed by atoms with Gasteiger partial charge in [-0.3, -0.25) is 0 Å². The number of nitrogens with one attached hydrogen (secondary N) is 1. The summed E-state index contributed by atoms with van der Waals surface area (Å²) in [6, 6.07) is 18.1. The number of fused-ring (bicyclic) bond motifs is 1. The Balaban J connectivity index is 1.91. The molecule has 0 unspecified atom stereocenters. The monoisotopic (exact) mass is 249 g/mol. The SMILES string of the molecule is Nc1cccc2c(NCc3ccccc3)nccc12. The van der Waals surface area contributed by atoms with Crippen LogP contribution >= 0.6 is 0 Å². The average molecular weight is 249 g/mol. The van der Waals surface area contributed by atoms with Crippen molar-refractivity contribution >= 4 is 22.3 Å². The van der Waals surface area contributed by atoms with Gasteiger partial charge < -0.3 is 11.1 Å². The topological polar surface area (TPSA) is 50.9 Å². The highest BCUT2D eigenvalue weighted by atomic mass is 15.0. The third kappa shape index (κ3) is 2.36. The number of nitrogen functional groups attached to an aromatic ring is 1. The molecule has 3 N–H and O–H groups in total. The Hall–Kier alpha value is -2.55. The van der Waals surface area contributed by atoms with E-state index in [1.165, 1.54) is 5.56 Å². The molecular formula is C16H15N3. The molecule has 0 aliphatic carbocycles. The van der Waals surface area contributed by atoms with Gasteiger partial charge in [0, 0.05) is 29.2 Å². The van der Waals surface area contributed by atoms with Gasteiger partial charge in [0.1, 0.15) is 5.82 Å². The fourth-order valence-corrected chi connectivity index (χ4v) is 2.15. The molecule has 0 bridgehead atoms. The number of pyridine rings is 1. The highest BCUT2D eigenvalue weighted by Gasteiger charge is 2.03. The molecule has 0 amide bonds.